The lowest BCUT2D eigenvalue weighted by molar-refractivity contribution is 0.268. The van der Waals surface area contributed by atoms with Crippen LogP contribution in [0.15, 0.2) is 47.1 Å². The van der Waals surface area contributed by atoms with Gasteiger partial charge in [0.05, 0.1) is 6.26 Å². The molecule has 0 radical (unpaired) electrons. The first kappa shape index (κ1) is 13.7. The molecule has 3 heteroatoms. The topological polar surface area (TPSA) is 34.4 Å². The Morgan fingerprint density at radius 2 is 1.95 bits per heavy atom. The van der Waals surface area contributed by atoms with Gasteiger partial charge in [-0.25, -0.2) is 0 Å². The van der Waals surface area contributed by atoms with E-state index in [0.29, 0.717) is 12.5 Å². The molecule has 19 heavy (non-hydrogen) atoms. The van der Waals surface area contributed by atoms with Gasteiger partial charge >= 0.3 is 0 Å². The van der Waals surface area contributed by atoms with Crippen LogP contribution in [0.25, 0.3) is 0 Å². The summed E-state index contributed by atoms with van der Waals surface area (Å²) >= 11 is 0. The molecule has 3 nitrogen and oxygen atoms in total. The zero-order valence-electron chi connectivity index (χ0n) is 11.6. The van der Waals surface area contributed by atoms with Crippen LogP contribution in [0.2, 0.25) is 0 Å². The zero-order valence-corrected chi connectivity index (χ0v) is 11.6. The monoisotopic (exact) mass is 259 g/mol. The van der Waals surface area contributed by atoms with Crippen LogP contribution in [-0.4, -0.2) is 6.54 Å². The first-order valence-corrected chi connectivity index (χ1v) is 6.69. The van der Waals surface area contributed by atoms with Crippen molar-refractivity contribution in [2.75, 3.05) is 6.54 Å². The first-order chi connectivity index (χ1) is 9.25. The van der Waals surface area contributed by atoms with E-state index in [1.807, 2.05) is 36.4 Å². The lowest BCUT2D eigenvalue weighted by atomic mass is 10.2. The third-order valence-electron chi connectivity index (χ3n) is 2.82. The Hall–Kier alpha value is -1.74. The number of hydrogen-bond acceptors (Lipinski definition) is 3. The van der Waals surface area contributed by atoms with Crippen molar-refractivity contribution in [1.29, 1.82) is 0 Å². The molecule has 1 heterocycles. The van der Waals surface area contributed by atoms with Gasteiger partial charge in [-0.2, -0.15) is 0 Å². The van der Waals surface area contributed by atoms with Gasteiger partial charge in [0.1, 0.15) is 18.1 Å². The maximum atomic E-state index is 5.70. The van der Waals surface area contributed by atoms with Crippen LogP contribution in [0.5, 0.6) is 5.75 Å². The predicted molar refractivity (Wildman–Crippen MR) is 76.0 cm³/mol. The van der Waals surface area contributed by atoms with Gasteiger partial charge in [-0.1, -0.05) is 32.0 Å². The van der Waals surface area contributed by atoms with Crippen molar-refractivity contribution >= 4 is 0 Å². The second-order valence-electron chi connectivity index (χ2n) is 5.00. The van der Waals surface area contributed by atoms with Crippen LogP contribution < -0.4 is 10.1 Å². The highest BCUT2D eigenvalue weighted by atomic mass is 16.5. The highest BCUT2D eigenvalue weighted by Crippen LogP contribution is 2.15. The Bertz CT molecular complexity index is 477. The van der Waals surface area contributed by atoms with E-state index in [1.165, 1.54) is 0 Å². The van der Waals surface area contributed by atoms with Crippen molar-refractivity contribution in [3.05, 3.63) is 54.0 Å². The largest absolute Gasteiger partial charge is 0.486 e. The van der Waals surface area contributed by atoms with Gasteiger partial charge in [0.25, 0.3) is 0 Å². The molecule has 0 saturated carbocycles. The SMILES string of the molecule is CC(C)CNCc1ccoc1COc1ccccc1. The van der Waals surface area contributed by atoms with Crippen LogP contribution in [0.1, 0.15) is 25.2 Å². The molecule has 0 bridgehead atoms. The number of nitrogens with one attached hydrogen (secondary N) is 1. The van der Waals surface area contributed by atoms with E-state index in [9.17, 15) is 0 Å². The Balaban J connectivity index is 1.85. The Kier molecular flexibility index (Phi) is 5.04. The smallest absolute Gasteiger partial charge is 0.146 e. The molecule has 0 aliphatic carbocycles. The van der Waals surface area contributed by atoms with E-state index in [4.69, 9.17) is 9.15 Å². The fraction of sp³-hybridized carbons (Fsp3) is 0.375. The fourth-order valence-corrected chi connectivity index (χ4v) is 1.81. The fourth-order valence-electron chi connectivity index (χ4n) is 1.81. The van der Waals surface area contributed by atoms with Gasteiger partial charge in [-0.15, -0.1) is 0 Å². The van der Waals surface area contributed by atoms with Crippen molar-refractivity contribution in [3.63, 3.8) is 0 Å². The summed E-state index contributed by atoms with van der Waals surface area (Å²) in [7, 11) is 0. The van der Waals surface area contributed by atoms with Crippen molar-refractivity contribution < 1.29 is 9.15 Å². The van der Waals surface area contributed by atoms with Crippen molar-refractivity contribution in [2.45, 2.75) is 27.0 Å². The minimum absolute atomic E-state index is 0.468. The Morgan fingerprint density at radius 3 is 2.68 bits per heavy atom. The molecule has 1 aromatic carbocycles. The molecule has 0 saturated heterocycles. The van der Waals surface area contributed by atoms with Crippen molar-refractivity contribution in [1.82, 2.24) is 5.32 Å². The third kappa shape index (κ3) is 4.45. The molecular weight excluding hydrogens is 238 g/mol. The van der Waals surface area contributed by atoms with E-state index in [0.717, 1.165) is 30.2 Å². The molecule has 0 unspecified atom stereocenters. The van der Waals surface area contributed by atoms with Crippen molar-refractivity contribution in [2.24, 2.45) is 5.92 Å². The van der Waals surface area contributed by atoms with Gasteiger partial charge < -0.3 is 14.5 Å². The summed E-state index contributed by atoms with van der Waals surface area (Å²) in [6.07, 6.45) is 1.72. The molecule has 0 atom stereocenters. The van der Waals surface area contributed by atoms with E-state index < -0.39 is 0 Å². The summed E-state index contributed by atoms with van der Waals surface area (Å²) in [6, 6.07) is 11.8. The summed E-state index contributed by atoms with van der Waals surface area (Å²) in [5.74, 6) is 2.40. The highest BCUT2D eigenvalue weighted by molar-refractivity contribution is 5.22. The minimum Gasteiger partial charge on any atom is -0.486 e. The molecule has 2 aromatic rings. The van der Waals surface area contributed by atoms with Crippen LogP contribution in [0.4, 0.5) is 0 Å². The van der Waals surface area contributed by atoms with E-state index in [-0.39, 0.29) is 0 Å². The molecule has 0 fully saturated rings. The normalized spacial score (nSPS) is 10.9. The quantitative estimate of drug-likeness (QED) is 0.825. The average molecular weight is 259 g/mol. The summed E-state index contributed by atoms with van der Waals surface area (Å²) in [5.41, 5.74) is 1.16. The number of ether oxygens (including phenoxy) is 1. The molecule has 0 aliphatic rings. The number of hydrogen-bond donors (Lipinski definition) is 1. The number of furan rings is 1. The summed E-state index contributed by atoms with van der Waals surface area (Å²) < 4.78 is 11.2. The lowest BCUT2D eigenvalue weighted by Crippen LogP contribution is -2.19. The van der Waals surface area contributed by atoms with E-state index in [2.05, 4.69) is 19.2 Å². The highest BCUT2D eigenvalue weighted by Gasteiger charge is 2.07. The van der Waals surface area contributed by atoms with Gasteiger partial charge in [-0.3, -0.25) is 0 Å². The van der Waals surface area contributed by atoms with Gasteiger partial charge in [0.15, 0.2) is 0 Å². The minimum atomic E-state index is 0.468. The molecule has 102 valence electrons. The zero-order chi connectivity index (χ0) is 13.5. The molecule has 1 N–H and O–H groups in total. The molecular formula is C16H21NO2. The molecule has 0 aliphatic heterocycles. The summed E-state index contributed by atoms with van der Waals surface area (Å²) in [6.45, 7) is 6.69. The molecule has 0 amide bonds. The summed E-state index contributed by atoms with van der Waals surface area (Å²) in [4.78, 5) is 0. The Morgan fingerprint density at radius 1 is 1.16 bits per heavy atom. The van der Waals surface area contributed by atoms with Crippen molar-refractivity contribution in [3.8, 4) is 5.75 Å². The van der Waals surface area contributed by atoms with Crippen LogP contribution in [0, 0.1) is 5.92 Å². The number of para-hydroxylation sites is 1. The summed E-state index contributed by atoms with van der Waals surface area (Å²) in [5, 5.41) is 3.41. The van der Waals surface area contributed by atoms with E-state index in [1.54, 1.807) is 6.26 Å². The molecule has 0 spiro atoms. The van der Waals surface area contributed by atoms with Crippen LogP contribution >= 0.6 is 0 Å². The van der Waals surface area contributed by atoms with Gasteiger partial charge in [0, 0.05) is 12.1 Å². The van der Waals surface area contributed by atoms with E-state index >= 15 is 0 Å². The maximum absolute atomic E-state index is 5.70. The number of benzene rings is 1. The standard InChI is InChI=1S/C16H21NO2/c1-13(2)10-17-11-14-8-9-18-16(14)12-19-15-6-4-3-5-7-15/h3-9,13,17H,10-12H2,1-2H3. The Labute approximate surface area is 114 Å². The van der Waals surface area contributed by atoms with Gasteiger partial charge in [0.2, 0.25) is 0 Å². The number of rotatable bonds is 7. The lowest BCUT2D eigenvalue weighted by Gasteiger charge is -2.08. The second-order valence-corrected chi connectivity index (χ2v) is 5.00. The predicted octanol–water partition coefficient (Wildman–Crippen LogP) is 3.60. The maximum Gasteiger partial charge on any atom is 0.146 e. The third-order valence-corrected chi connectivity index (χ3v) is 2.82. The van der Waals surface area contributed by atoms with Gasteiger partial charge in [-0.05, 0) is 30.7 Å². The van der Waals surface area contributed by atoms with Crippen LogP contribution in [-0.2, 0) is 13.2 Å². The molecule has 2 rings (SSSR count). The first-order valence-electron chi connectivity index (χ1n) is 6.69. The molecule has 1 aromatic heterocycles. The second kappa shape index (κ2) is 7.00. The van der Waals surface area contributed by atoms with Crippen LogP contribution in [0.3, 0.4) is 0 Å². The average Bonchev–Trinajstić information content (AvgIpc) is 2.85.